The van der Waals surface area contributed by atoms with Crippen LogP contribution in [0.4, 0.5) is 5.69 Å². The van der Waals surface area contributed by atoms with E-state index in [1.165, 1.54) is 0 Å². The van der Waals surface area contributed by atoms with Crippen LogP contribution in [-0.4, -0.2) is 17.1 Å². The van der Waals surface area contributed by atoms with Gasteiger partial charge in [-0.05, 0) is 24.5 Å². The van der Waals surface area contributed by atoms with Gasteiger partial charge in [0.05, 0.1) is 11.3 Å². The minimum atomic E-state index is -0.0936. The molecule has 2 aromatic carbocycles. The predicted octanol–water partition coefficient (Wildman–Crippen LogP) is 4.14. The van der Waals surface area contributed by atoms with Crippen molar-refractivity contribution in [2.75, 3.05) is 11.6 Å². The molecule has 0 saturated carbocycles. The fraction of sp³-hybridized carbons (Fsp3) is 0.0625. The number of carbonyl (C=O) groups excluding carboxylic acids is 1. The van der Waals surface area contributed by atoms with Crippen molar-refractivity contribution >= 4 is 34.3 Å². The molecular formula is C16H14N2OS. The highest BCUT2D eigenvalue weighted by atomic mass is 32.2. The summed E-state index contributed by atoms with van der Waals surface area (Å²) < 4.78 is 0. The number of para-hydroxylation sites is 2. The van der Waals surface area contributed by atoms with Crippen LogP contribution in [0.5, 0.6) is 0 Å². The number of anilines is 1. The van der Waals surface area contributed by atoms with Gasteiger partial charge in [-0.1, -0.05) is 30.3 Å². The van der Waals surface area contributed by atoms with Crippen LogP contribution in [0.2, 0.25) is 0 Å². The zero-order valence-corrected chi connectivity index (χ0v) is 11.8. The van der Waals surface area contributed by atoms with Gasteiger partial charge in [0.15, 0.2) is 0 Å². The SMILES string of the molecule is CSc1ccccc1NC(=O)c1c[nH]c2ccccc12. The van der Waals surface area contributed by atoms with Crippen molar-refractivity contribution in [3.05, 3.63) is 60.3 Å². The van der Waals surface area contributed by atoms with Crippen LogP contribution < -0.4 is 5.32 Å². The smallest absolute Gasteiger partial charge is 0.257 e. The zero-order chi connectivity index (χ0) is 13.9. The molecule has 0 aliphatic carbocycles. The maximum atomic E-state index is 12.4. The molecule has 2 N–H and O–H groups in total. The summed E-state index contributed by atoms with van der Waals surface area (Å²) in [5.74, 6) is -0.0936. The topological polar surface area (TPSA) is 44.9 Å². The number of benzene rings is 2. The third-order valence-corrected chi connectivity index (χ3v) is 3.98. The van der Waals surface area contributed by atoms with E-state index in [2.05, 4.69) is 10.3 Å². The van der Waals surface area contributed by atoms with E-state index in [9.17, 15) is 4.79 Å². The molecule has 1 amide bonds. The van der Waals surface area contributed by atoms with Crippen molar-refractivity contribution in [1.29, 1.82) is 0 Å². The van der Waals surface area contributed by atoms with E-state index in [0.717, 1.165) is 21.5 Å². The maximum Gasteiger partial charge on any atom is 0.257 e. The van der Waals surface area contributed by atoms with Crippen LogP contribution in [0.1, 0.15) is 10.4 Å². The Bertz CT molecular complexity index is 764. The highest BCUT2D eigenvalue weighted by molar-refractivity contribution is 7.98. The number of amides is 1. The van der Waals surface area contributed by atoms with Gasteiger partial charge in [-0.3, -0.25) is 4.79 Å². The third kappa shape index (κ3) is 2.30. The molecule has 0 aliphatic heterocycles. The van der Waals surface area contributed by atoms with Gasteiger partial charge in [0, 0.05) is 22.0 Å². The first kappa shape index (κ1) is 12.8. The number of hydrogen-bond acceptors (Lipinski definition) is 2. The molecule has 1 heterocycles. The van der Waals surface area contributed by atoms with E-state index in [-0.39, 0.29) is 5.91 Å². The highest BCUT2D eigenvalue weighted by Crippen LogP contribution is 2.26. The predicted molar refractivity (Wildman–Crippen MR) is 84.5 cm³/mol. The third-order valence-electron chi connectivity index (χ3n) is 3.19. The van der Waals surface area contributed by atoms with E-state index in [4.69, 9.17) is 0 Å². The normalized spacial score (nSPS) is 10.7. The van der Waals surface area contributed by atoms with Gasteiger partial charge in [0.25, 0.3) is 5.91 Å². The molecular weight excluding hydrogens is 268 g/mol. The van der Waals surface area contributed by atoms with Crippen molar-refractivity contribution in [3.8, 4) is 0 Å². The highest BCUT2D eigenvalue weighted by Gasteiger charge is 2.12. The summed E-state index contributed by atoms with van der Waals surface area (Å²) in [5.41, 5.74) is 2.47. The molecule has 0 bridgehead atoms. The van der Waals surface area contributed by atoms with Crippen molar-refractivity contribution in [3.63, 3.8) is 0 Å². The van der Waals surface area contributed by atoms with Gasteiger partial charge >= 0.3 is 0 Å². The lowest BCUT2D eigenvalue weighted by atomic mass is 10.1. The number of H-pyrrole nitrogens is 1. The Morgan fingerprint density at radius 3 is 2.70 bits per heavy atom. The molecule has 0 aliphatic rings. The first-order valence-corrected chi connectivity index (χ1v) is 7.52. The van der Waals surface area contributed by atoms with Gasteiger partial charge in [0.1, 0.15) is 0 Å². The number of aromatic amines is 1. The van der Waals surface area contributed by atoms with Crippen molar-refractivity contribution < 1.29 is 4.79 Å². The average Bonchev–Trinajstić information content (AvgIpc) is 2.92. The van der Waals surface area contributed by atoms with Crippen LogP contribution in [0.25, 0.3) is 10.9 Å². The van der Waals surface area contributed by atoms with Gasteiger partial charge in [-0.25, -0.2) is 0 Å². The van der Waals surface area contributed by atoms with E-state index in [0.29, 0.717) is 5.56 Å². The summed E-state index contributed by atoms with van der Waals surface area (Å²) in [7, 11) is 0. The summed E-state index contributed by atoms with van der Waals surface area (Å²) in [6.45, 7) is 0. The summed E-state index contributed by atoms with van der Waals surface area (Å²) in [6.07, 6.45) is 3.75. The summed E-state index contributed by atoms with van der Waals surface area (Å²) in [5, 5.41) is 3.91. The number of fused-ring (bicyclic) bond motifs is 1. The summed E-state index contributed by atoms with van der Waals surface area (Å²) in [6, 6.07) is 15.6. The zero-order valence-electron chi connectivity index (χ0n) is 11.0. The molecule has 0 unspecified atom stereocenters. The van der Waals surface area contributed by atoms with Gasteiger partial charge in [-0.2, -0.15) is 0 Å². The van der Waals surface area contributed by atoms with E-state index < -0.39 is 0 Å². The fourth-order valence-electron chi connectivity index (χ4n) is 2.20. The first-order valence-electron chi connectivity index (χ1n) is 6.30. The van der Waals surface area contributed by atoms with Crippen LogP contribution in [0, 0.1) is 0 Å². The molecule has 0 atom stereocenters. The fourth-order valence-corrected chi connectivity index (χ4v) is 2.75. The number of rotatable bonds is 3. The Kier molecular flexibility index (Phi) is 3.48. The molecule has 0 saturated heterocycles. The lowest BCUT2D eigenvalue weighted by Gasteiger charge is -2.08. The summed E-state index contributed by atoms with van der Waals surface area (Å²) >= 11 is 1.62. The molecule has 4 heteroatoms. The minimum absolute atomic E-state index is 0.0936. The Morgan fingerprint density at radius 1 is 1.10 bits per heavy atom. The molecule has 3 aromatic rings. The van der Waals surface area contributed by atoms with E-state index in [1.807, 2.05) is 54.8 Å². The van der Waals surface area contributed by atoms with Gasteiger partial charge in [-0.15, -0.1) is 11.8 Å². The van der Waals surface area contributed by atoms with Gasteiger partial charge in [0.2, 0.25) is 0 Å². The molecule has 20 heavy (non-hydrogen) atoms. The largest absolute Gasteiger partial charge is 0.360 e. The molecule has 3 rings (SSSR count). The van der Waals surface area contributed by atoms with Gasteiger partial charge < -0.3 is 10.3 Å². The van der Waals surface area contributed by atoms with Crippen molar-refractivity contribution in [2.45, 2.75) is 4.90 Å². The van der Waals surface area contributed by atoms with Crippen LogP contribution in [-0.2, 0) is 0 Å². The lowest BCUT2D eigenvalue weighted by Crippen LogP contribution is -2.11. The average molecular weight is 282 g/mol. The maximum absolute atomic E-state index is 12.4. The quantitative estimate of drug-likeness (QED) is 0.709. The molecule has 3 nitrogen and oxygen atoms in total. The molecule has 0 spiro atoms. The Labute approximate surface area is 121 Å². The van der Waals surface area contributed by atoms with Crippen LogP contribution in [0.3, 0.4) is 0 Å². The number of nitrogens with one attached hydrogen (secondary N) is 2. The van der Waals surface area contributed by atoms with Crippen molar-refractivity contribution in [1.82, 2.24) is 4.98 Å². The molecule has 0 fully saturated rings. The minimum Gasteiger partial charge on any atom is -0.360 e. The number of aromatic nitrogens is 1. The second kappa shape index (κ2) is 5.43. The van der Waals surface area contributed by atoms with Crippen molar-refractivity contribution in [2.24, 2.45) is 0 Å². The Balaban J connectivity index is 1.93. The molecule has 1 aromatic heterocycles. The first-order chi connectivity index (χ1) is 9.79. The molecule has 100 valence electrons. The second-order valence-electron chi connectivity index (χ2n) is 4.40. The Morgan fingerprint density at radius 2 is 1.85 bits per heavy atom. The van der Waals surface area contributed by atoms with E-state index in [1.54, 1.807) is 18.0 Å². The lowest BCUT2D eigenvalue weighted by molar-refractivity contribution is 0.102. The van der Waals surface area contributed by atoms with Crippen LogP contribution >= 0.6 is 11.8 Å². The monoisotopic (exact) mass is 282 g/mol. The number of hydrogen-bond donors (Lipinski definition) is 2. The number of carbonyl (C=O) groups is 1. The number of thioether (sulfide) groups is 1. The van der Waals surface area contributed by atoms with E-state index >= 15 is 0 Å². The second-order valence-corrected chi connectivity index (χ2v) is 5.25. The Hall–Kier alpha value is -2.20. The summed E-state index contributed by atoms with van der Waals surface area (Å²) in [4.78, 5) is 16.6. The molecule has 0 radical (unpaired) electrons. The van der Waals surface area contributed by atoms with Crippen LogP contribution in [0.15, 0.2) is 59.6 Å². The standard InChI is InChI=1S/C16H14N2OS/c1-20-15-9-5-4-8-14(15)18-16(19)12-10-17-13-7-3-2-6-11(12)13/h2-10,17H,1H3,(H,18,19).